The maximum absolute atomic E-state index is 12.5. The molecule has 1 N–H and O–H groups in total. The van der Waals surface area contributed by atoms with Crippen molar-refractivity contribution in [3.8, 4) is 0 Å². The third kappa shape index (κ3) is 3.35. The molecule has 0 spiro atoms. The van der Waals surface area contributed by atoms with E-state index in [4.69, 9.17) is 9.52 Å². The lowest BCUT2D eigenvalue weighted by atomic mass is 10.2. The first-order valence-corrected chi connectivity index (χ1v) is 8.39. The summed E-state index contributed by atoms with van der Waals surface area (Å²) in [7, 11) is 0. The number of carboxylic acid groups (broad SMARTS) is 1. The van der Waals surface area contributed by atoms with E-state index < -0.39 is 5.97 Å². The van der Waals surface area contributed by atoms with Crippen LogP contribution < -0.4 is 0 Å². The van der Waals surface area contributed by atoms with Crippen molar-refractivity contribution in [2.45, 2.75) is 25.1 Å². The zero-order valence-electron chi connectivity index (χ0n) is 13.0. The number of amidine groups is 1. The number of nitrogens with zero attached hydrogens (tertiary/aromatic N) is 2. The predicted octanol–water partition coefficient (Wildman–Crippen LogP) is 3.52. The van der Waals surface area contributed by atoms with Gasteiger partial charge in [0.25, 0.3) is 0 Å². The molecule has 24 heavy (non-hydrogen) atoms. The molecule has 3 rings (SSSR count). The minimum atomic E-state index is -0.981. The molecule has 2 aromatic rings. The Labute approximate surface area is 143 Å². The molecule has 7 heteroatoms. The third-order valence-electron chi connectivity index (χ3n) is 3.62. The van der Waals surface area contributed by atoms with E-state index in [1.165, 1.54) is 23.9 Å². The van der Waals surface area contributed by atoms with Crippen molar-refractivity contribution < 1.29 is 19.1 Å². The van der Waals surface area contributed by atoms with E-state index in [-0.39, 0.29) is 16.7 Å². The summed E-state index contributed by atoms with van der Waals surface area (Å²) >= 11 is 1.42. The van der Waals surface area contributed by atoms with Crippen molar-refractivity contribution in [3.05, 3.63) is 54.0 Å². The normalized spacial score (nSPS) is 19.2. The maximum Gasteiger partial charge on any atom is 0.335 e. The molecule has 1 aromatic heterocycles. The number of aliphatic imine (C=N–C) groups is 1. The highest BCUT2D eigenvalue weighted by Crippen LogP contribution is 2.32. The van der Waals surface area contributed by atoms with Gasteiger partial charge in [-0.1, -0.05) is 18.7 Å². The number of hydrogen-bond acceptors (Lipinski definition) is 5. The Morgan fingerprint density at radius 1 is 1.33 bits per heavy atom. The Morgan fingerprint density at radius 2 is 2.08 bits per heavy atom. The summed E-state index contributed by atoms with van der Waals surface area (Å²) in [6, 6.07) is 9.85. The van der Waals surface area contributed by atoms with E-state index in [2.05, 4.69) is 4.99 Å². The summed E-state index contributed by atoms with van der Waals surface area (Å²) in [6.45, 7) is 2.30. The van der Waals surface area contributed by atoms with Gasteiger partial charge in [0, 0.05) is 0 Å². The molecule has 1 aliphatic heterocycles. The first kappa shape index (κ1) is 16.3. The van der Waals surface area contributed by atoms with Crippen LogP contribution in [0.4, 0.5) is 5.69 Å². The van der Waals surface area contributed by atoms with Crippen LogP contribution in [-0.2, 0) is 11.3 Å². The van der Waals surface area contributed by atoms with Crippen LogP contribution in [0.15, 0.2) is 52.1 Å². The number of furan rings is 1. The molecule has 0 radical (unpaired) electrons. The van der Waals surface area contributed by atoms with E-state index in [0.717, 1.165) is 6.42 Å². The lowest BCUT2D eigenvalue weighted by Crippen LogP contribution is -2.31. The average Bonchev–Trinajstić information content (AvgIpc) is 3.19. The zero-order valence-corrected chi connectivity index (χ0v) is 13.8. The molecule has 1 aromatic carbocycles. The minimum absolute atomic E-state index is 0.0137. The SMILES string of the molecule is CCC1SC(=Nc2ccc(C(=O)O)cc2)N(Cc2ccco2)C1=O. The van der Waals surface area contributed by atoms with Crippen LogP contribution >= 0.6 is 11.8 Å². The van der Waals surface area contributed by atoms with Crippen LogP contribution in [0.1, 0.15) is 29.5 Å². The Kier molecular flexibility index (Phi) is 4.71. The molecule has 0 aliphatic carbocycles. The van der Waals surface area contributed by atoms with Gasteiger partial charge in [0.2, 0.25) is 5.91 Å². The van der Waals surface area contributed by atoms with Crippen molar-refractivity contribution in [3.63, 3.8) is 0 Å². The Hall–Kier alpha value is -2.54. The number of hydrogen-bond donors (Lipinski definition) is 1. The molecule has 1 aliphatic rings. The Morgan fingerprint density at radius 3 is 2.67 bits per heavy atom. The molecule has 0 saturated carbocycles. The predicted molar refractivity (Wildman–Crippen MR) is 91.4 cm³/mol. The number of benzene rings is 1. The van der Waals surface area contributed by atoms with Crippen molar-refractivity contribution in [1.82, 2.24) is 4.90 Å². The van der Waals surface area contributed by atoms with Crippen LogP contribution in [0.3, 0.4) is 0 Å². The van der Waals surface area contributed by atoms with E-state index in [9.17, 15) is 9.59 Å². The highest BCUT2D eigenvalue weighted by atomic mass is 32.2. The second-order valence-electron chi connectivity index (χ2n) is 5.26. The number of amides is 1. The fourth-order valence-corrected chi connectivity index (χ4v) is 3.44. The fraction of sp³-hybridized carbons (Fsp3) is 0.235. The van der Waals surface area contributed by atoms with Gasteiger partial charge in [-0.15, -0.1) is 0 Å². The summed E-state index contributed by atoms with van der Waals surface area (Å²) in [5, 5.41) is 9.39. The van der Waals surface area contributed by atoms with Crippen LogP contribution in [-0.4, -0.2) is 32.3 Å². The topological polar surface area (TPSA) is 83.1 Å². The maximum atomic E-state index is 12.5. The summed E-state index contributed by atoms with van der Waals surface area (Å²) in [6.07, 6.45) is 2.29. The summed E-state index contributed by atoms with van der Waals surface area (Å²) in [4.78, 5) is 29.6. The molecular formula is C17H16N2O4S. The van der Waals surface area contributed by atoms with E-state index in [1.54, 1.807) is 29.4 Å². The molecule has 0 bridgehead atoms. The minimum Gasteiger partial charge on any atom is -0.478 e. The highest BCUT2D eigenvalue weighted by Gasteiger charge is 2.37. The first-order valence-electron chi connectivity index (χ1n) is 7.51. The zero-order chi connectivity index (χ0) is 17.1. The van der Waals surface area contributed by atoms with Gasteiger partial charge in [-0.05, 0) is 42.8 Å². The van der Waals surface area contributed by atoms with Gasteiger partial charge in [-0.2, -0.15) is 0 Å². The molecule has 1 unspecified atom stereocenters. The monoisotopic (exact) mass is 344 g/mol. The van der Waals surface area contributed by atoms with Gasteiger partial charge in [0.05, 0.1) is 29.3 Å². The molecule has 1 fully saturated rings. The Bertz CT molecular complexity index is 768. The second-order valence-corrected chi connectivity index (χ2v) is 6.43. The third-order valence-corrected chi connectivity index (χ3v) is 4.97. The number of rotatable bonds is 5. The lowest BCUT2D eigenvalue weighted by Gasteiger charge is -2.14. The number of carbonyl (C=O) groups is 2. The van der Waals surface area contributed by atoms with Gasteiger partial charge < -0.3 is 9.52 Å². The smallest absolute Gasteiger partial charge is 0.335 e. The largest absolute Gasteiger partial charge is 0.478 e. The van der Waals surface area contributed by atoms with Crippen molar-refractivity contribution in [2.75, 3.05) is 0 Å². The average molecular weight is 344 g/mol. The van der Waals surface area contributed by atoms with Gasteiger partial charge in [-0.3, -0.25) is 9.69 Å². The van der Waals surface area contributed by atoms with Gasteiger partial charge in [0.15, 0.2) is 5.17 Å². The lowest BCUT2D eigenvalue weighted by molar-refractivity contribution is -0.126. The fourth-order valence-electron chi connectivity index (χ4n) is 2.35. The number of aromatic carboxylic acids is 1. The summed E-state index contributed by atoms with van der Waals surface area (Å²) < 4.78 is 5.33. The highest BCUT2D eigenvalue weighted by molar-refractivity contribution is 8.15. The van der Waals surface area contributed by atoms with Crippen LogP contribution in [0, 0.1) is 0 Å². The van der Waals surface area contributed by atoms with Crippen LogP contribution in [0.5, 0.6) is 0 Å². The van der Waals surface area contributed by atoms with Crippen molar-refractivity contribution in [2.24, 2.45) is 4.99 Å². The Balaban J connectivity index is 1.87. The summed E-state index contributed by atoms with van der Waals surface area (Å²) in [5.41, 5.74) is 0.810. The number of carboxylic acids is 1. The van der Waals surface area contributed by atoms with Gasteiger partial charge in [-0.25, -0.2) is 9.79 Å². The molecule has 1 atom stereocenters. The second kappa shape index (κ2) is 6.92. The molecule has 2 heterocycles. The number of carbonyl (C=O) groups excluding carboxylic acids is 1. The van der Waals surface area contributed by atoms with Gasteiger partial charge >= 0.3 is 5.97 Å². The van der Waals surface area contributed by atoms with Gasteiger partial charge in [0.1, 0.15) is 5.76 Å². The van der Waals surface area contributed by atoms with Crippen molar-refractivity contribution >= 4 is 34.5 Å². The molecular weight excluding hydrogens is 328 g/mol. The van der Waals surface area contributed by atoms with E-state index >= 15 is 0 Å². The molecule has 124 valence electrons. The van der Waals surface area contributed by atoms with E-state index in [0.29, 0.717) is 23.2 Å². The quantitative estimate of drug-likeness (QED) is 0.897. The number of thioether (sulfide) groups is 1. The van der Waals surface area contributed by atoms with Crippen LogP contribution in [0.2, 0.25) is 0 Å². The van der Waals surface area contributed by atoms with E-state index in [1.807, 2.05) is 13.0 Å². The summed E-state index contributed by atoms with van der Waals surface area (Å²) in [5.74, 6) is -0.278. The first-order chi connectivity index (χ1) is 11.6. The van der Waals surface area contributed by atoms with Crippen LogP contribution in [0.25, 0.3) is 0 Å². The molecule has 6 nitrogen and oxygen atoms in total. The van der Waals surface area contributed by atoms with Crippen molar-refractivity contribution in [1.29, 1.82) is 0 Å². The standard InChI is InChI=1S/C17H16N2O4S/c1-2-14-15(20)19(10-13-4-3-9-23-13)17(24-14)18-12-7-5-11(6-8-12)16(21)22/h3-9,14H,2,10H2,1H3,(H,21,22). The molecule has 1 saturated heterocycles. The molecule has 1 amide bonds.